The van der Waals surface area contributed by atoms with Crippen LogP contribution in [0, 0.1) is 5.92 Å². The summed E-state index contributed by atoms with van der Waals surface area (Å²) in [7, 11) is 1.01. The normalized spacial score (nSPS) is 18.6. The van der Waals surface area contributed by atoms with Crippen LogP contribution in [0.2, 0.25) is 0 Å². The molecule has 0 radical (unpaired) electrons. The summed E-state index contributed by atoms with van der Waals surface area (Å²) in [6.07, 6.45) is -1.01. The zero-order valence-electron chi connectivity index (χ0n) is 23.0. The molecule has 1 aromatic carbocycles. The van der Waals surface area contributed by atoms with Gasteiger partial charge in [0.1, 0.15) is 12.2 Å². The lowest BCUT2D eigenvalue weighted by atomic mass is 9.96. The van der Waals surface area contributed by atoms with Gasteiger partial charge in [0.15, 0.2) is 11.5 Å². The third-order valence-electron chi connectivity index (χ3n) is 7.15. The van der Waals surface area contributed by atoms with Crippen LogP contribution in [-0.4, -0.2) is 84.6 Å². The summed E-state index contributed by atoms with van der Waals surface area (Å²) in [5.41, 5.74) is 0.617. The van der Waals surface area contributed by atoms with Gasteiger partial charge in [0.25, 0.3) is 11.8 Å². The van der Waals surface area contributed by atoms with E-state index in [2.05, 4.69) is 15.0 Å². The molecule has 1 saturated heterocycles. The standard InChI is InChI=1S/C28H31F5N4O5/c1-16(38)37-13-20(18-6-8-23(42-27(29)30)24(10-18)41-14-17-3-4-17)9-21(37)12-35-25(39)22-7-5-19(11-34-22)26(40)36(2)15-28(31,32)33/h5-8,10-11,17,20-21,27H,3-4,9,12-15H2,1-2H3,(H,35,39)/t20?,21-/m1/s1. The molecule has 1 N–H and O–H groups in total. The van der Waals surface area contributed by atoms with Crippen molar-refractivity contribution in [3.05, 3.63) is 53.3 Å². The quantitative estimate of drug-likeness (QED) is 0.389. The van der Waals surface area contributed by atoms with Crippen molar-refractivity contribution in [2.75, 3.05) is 33.3 Å². The van der Waals surface area contributed by atoms with Gasteiger partial charge in [-0.1, -0.05) is 6.07 Å². The number of amides is 3. The Morgan fingerprint density at radius 1 is 1.14 bits per heavy atom. The molecular weight excluding hydrogens is 567 g/mol. The lowest BCUT2D eigenvalue weighted by Crippen LogP contribution is -2.42. The van der Waals surface area contributed by atoms with Crippen molar-refractivity contribution in [3.8, 4) is 11.5 Å². The second-order valence-corrected chi connectivity index (χ2v) is 10.5. The van der Waals surface area contributed by atoms with Crippen LogP contribution in [0.15, 0.2) is 36.5 Å². The Labute approximate surface area is 239 Å². The molecule has 1 unspecified atom stereocenters. The molecule has 0 spiro atoms. The molecule has 1 aliphatic carbocycles. The Morgan fingerprint density at radius 3 is 2.48 bits per heavy atom. The highest BCUT2D eigenvalue weighted by Crippen LogP contribution is 2.38. The number of nitrogens with one attached hydrogen (secondary N) is 1. The first-order valence-corrected chi connectivity index (χ1v) is 13.4. The van der Waals surface area contributed by atoms with E-state index in [1.807, 2.05) is 0 Å². The molecule has 14 heteroatoms. The molecule has 2 heterocycles. The summed E-state index contributed by atoms with van der Waals surface area (Å²) in [6, 6.07) is 6.82. The van der Waals surface area contributed by atoms with Gasteiger partial charge in [0.2, 0.25) is 5.91 Å². The Morgan fingerprint density at radius 2 is 1.88 bits per heavy atom. The molecule has 2 atom stereocenters. The number of likely N-dealkylation sites (tertiary alicyclic amines) is 1. The van der Waals surface area contributed by atoms with Gasteiger partial charge in [-0.25, -0.2) is 0 Å². The highest BCUT2D eigenvalue weighted by molar-refractivity contribution is 5.96. The molecule has 2 fully saturated rings. The zero-order valence-corrected chi connectivity index (χ0v) is 23.0. The van der Waals surface area contributed by atoms with Crippen LogP contribution >= 0.6 is 0 Å². The molecule has 1 saturated carbocycles. The van der Waals surface area contributed by atoms with Crippen molar-refractivity contribution < 1.29 is 45.8 Å². The molecule has 1 aliphatic heterocycles. The molecule has 3 amide bonds. The van der Waals surface area contributed by atoms with Gasteiger partial charge in [-0.15, -0.1) is 0 Å². The Balaban J connectivity index is 1.39. The van der Waals surface area contributed by atoms with Crippen LogP contribution in [-0.2, 0) is 4.79 Å². The minimum atomic E-state index is -4.55. The average molecular weight is 599 g/mol. The van der Waals surface area contributed by atoms with Crippen molar-refractivity contribution in [2.24, 2.45) is 5.92 Å². The number of alkyl halides is 5. The summed E-state index contributed by atoms with van der Waals surface area (Å²) >= 11 is 0. The van der Waals surface area contributed by atoms with E-state index >= 15 is 0 Å². The number of carbonyl (C=O) groups is 3. The van der Waals surface area contributed by atoms with E-state index < -0.39 is 31.1 Å². The van der Waals surface area contributed by atoms with Crippen molar-refractivity contribution in [1.82, 2.24) is 20.1 Å². The molecule has 0 bridgehead atoms. The fraction of sp³-hybridized carbons (Fsp3) is 0.500. The smallest absolute Gasteiger partial charge is 0.406 e. The zero-order chi connectivity index (χ0) is 30.6. The fourth-order valence-corrected chi connectivity index (χ4v) is 4.83. The number of ether oxygens (including phenoxy) is 2. The first-order valence-electron chi connectivity index (χ1n) is 13.4. The van der Waals surface area contributed by atoms with Crippen LogP contribution in [0.4, 0.5) is 22.0 Å². The first kappa shape index (κ1) is 31.0. The summed E-state index contributed by atoms with van der Waals surface area (Å²) in [5, 5.41) is 2.71. The van der Waals surface area contributed by atoms with E-state index in [0.29, 0.717) is 30.4 Å². The van der Waals surface area contributed by atoms with E-state index in [1.54, 1.807) is 17.0 Å². The van der Waals surface area contributed by atoms with Crippen LogP contribution in [0.1, 0.15) is 58.5 Å². The summed E-state index contributed by atoms with van der Waals surface area (Å²) in [4.78, 5) is 43.3. The number of rotatable bonds is 11. The molecule has 4 rings (SSSR count). The third-order valence-corrected chi connectivity index (χ3v) is 7.15. The van der Waals surface area contributed by atoms with Crippen LogP contribution in [0.5, 0.6) is 11.5 Å². The van der Waals surface area contributed by atoms with E-state index in [-0.39, 0.29) is 47.2 Å². The second kappa shape index (κ2) is 12.9. The topological polar surface area (TPSA) is 101 Å². The molecular formula is C28H31F5N4O5. The average Bonchev–Trinajstić information content (AvgIpc) is 3.65. The summed E-state index contributed by atoms with van der Waals surface area (Å²) in [6.45, 7) is -2.19. The number of halogens is 5. The highest BCUT2D eigenvalue weighted by atomic mass is 19.4. The van der Waals surface area contributed by atoms with E-state index in [1.165, 1.54) is 25.1 Å². The number of benzene rings is 1. The maximum atomic E-state index is 12.9. The van der Waals surface area contributed by atoms with Crippen molar-refractivity contribution >= 4 is 17.7 Å². The third kappa shape index (κ3) is 8.29. The van der Waals surface area contributed by atoms with Crippen LogP contribution < -0.4 is 14.8 Å². The van der Waals surface area contributed by atoms with Gasteiger partial charge in [-0.05, 0) is 55.0 Å². The SMILES string of the molecule is CC(=O)N1CC(c2ccc(OC(F)F)c(OCC3CC3)c2)C[C@@H]1CNC(=O)c1ccc(C(=O)N(C)CC(F)(F)F)cn1. The lowest BCUT2D eigenvalue weighted by molar-refractivity contribution is -0.138. The largest absolute Gasteiger partial charge is 0.489 e. The van der Waals surface area contributed by atoms with E-state index in [9.17, 15) is 36.3 Å². The Bertz CT molecular complexity index is 1290. The molecule has 1 aromatic heterocycles. The minimum absolute atomic E-state index is 0.0546. The molecule has 2 aliphatic rings. The number of pyridine rings is 1. The van der Waals surface area contributed by atoms with Gasteiger partial charge >= 0.3 is 12.8 Å². The number of carbonyl (C=O) groups excluding carboxylic acids is 3. The molecule has 42 heavy (non-hydrogen) atoms. The first-order chi connectivity index (χ1) is 19.8. The van der Waals surface area contributed by atoms with Crippen LogP contribution in [0.3, 0.4) is 0 Å². The van der Waals surface area contributed by atoms with Crippen molar-refractivity contribution in [1.29, 1.82) is 0 Å². The predicted octanol–water partition coefficient (Wildman–Crippen LogP) is 4.24. The second-order valence-electron chi connectivity index (χ2n) is 10.5. The van der Waals surface area contributed by atoms with Crippen molar-refractivity contribution in [2.45, 2.75) is 50.9 Å². The van der Waals surface area contributed by atoms with E-state index in [0.717, 1.165) is 31.6 Å². The molecule has 228 valence electrons. The number of hydrogen-bond acceptors (Lipinski definition) is 6. The maximum absolute atomic E-state index is 12.9. The Hall–Kier alpha value is -3.97. The maximum Gasteiger partial charge on any atom is 0.406 e. The van der Waals surface area contributed by atoms with Gasteiger partial charge in [-0.3, -0.25) is 19.4 Å². The highest BCUT2D eigenvalue weighted by Gasteiger charge is 2.36. The van der Waals surface area contributed by atoms with E-state index in [4.69, 9.17) is 4.74 Å². The number of aromatic nitrogens is 1. The van der Waals surface area contributed by atoms with Crippen molar-refractivity contribution in [3.63, 3.8) is 0 Å². The van der Waals surface area contributed by atoms with Gasteiger partial charge < -0.3 is 24.6 Å². The van der Waals surface area contributed by atoms with Gasteiger partial charge in [-0.2, -0.15) is 22.0 Å². The summed E-state index contributed by atoms with van der Waals surface area (Å²) < 4.78 is 73.9. The lowest BCUT2D eigenvalue weighted by Gasteiger charge is -2.23. The fourth-order valence-electron chi connectivity index (χ4n) is 4.83. The predicted molar refractivity (Wildman–Crippen MR) is 139 cm³/mol. The Kier molecular flexibility index (Phi) is 9.52. The monoisotopic (exact) mass is 598 g/mol. The van der Waals surface area contributed by atoms with Gasteiger partial charge in [0.05, 0.1) is 12.2 Å². The number of nitrogens with zero attached hydrogens (tertiary/aromatic N) is 3. The molecule has 9 nitrogen and oxygen atoms in total. The number of hydrogen-bond donors (Lipinski definition) is 1. The summed E-state index contributed by atoms with van der Waals surface area (Å²) in [5.74, 6) is -1.30. The van der Waals surface area contributed by atoms with Crippen LogP contribution in [0.25, 0.3) is 0 Å². The molecule has 2 aromatic rings. The minimum Gasteiger partial charge on any atom is -0.489 e. The van der Waals surface area contributed by atoms with Gasteiger partial charge in [0, 0.05) is 45.2 Å².